The second-order valence-corrected chi connectivity index (χ2v) is 6.89. The van der Waals surface area contributed by atoms with E-state index in [-0.39, 0.29) is 11.3 Å². The molecule has 0 spiro atoms. The van der Waals surface area contributed by atoms with Crippen molar-refractivity contribution in [3.63, 3.8) is 0 Å². The van der Waals surface area contributed by atoms with Crippen LogP contribution in [0.4, 0.5) is 0 Å². The summed E-state index contributed by atoms with van der Waals surface area (Å²) < 4.78 is 16.0. The Bertz CT molecular complexity index is 772. The second-order valence-electron chi connectivity index (χ2n) is 6.46. The number of ether oxygens (including phenoxy) is 3. The first-order valence-corrected chi connectivity index (χ1v) is 8.55. The minimum atomic E-state index is -0.260. The molecular formula is C20H24ClNO4. The van der Waals surface area contributed by atoms with E-state index in [4.69, 9.17) is 25.8 Å². The maximum absolute atomic E-state index is 12.7. The zero-order valence-corrected chi connectivity index (χ0v) is 16.4. The van der Waals surface area contributed by atoms with Crippen molar-refractivity contribution in [1.82, 2.24) is 5.32 Å². The Kier molecular flexibility index (Phi) is 6.37. The molecule has 0 radical (unpaired) electrons. The van der Waals surface area contributed by atoms with Crippen molar-refractivity contribution in [2.24, 2.45) is 0 Å². The number of carbonyl (C=O) groups excluding carboxylic acids is 1. The number of carbonyl (C=O) groups is 1. The van der Waals surface area contributed by atoms with Gasteiger partial charge in [0.05, 0.1) is 26.9 Å². The monoisotopic (exact) mass is 377 g/mol. The lowest BCUT2D eigenvalue weighted by molar-refractivity contribution is 0.0942. The van der Waals surface area contributed by atoms with Crippen LogP contribution >= 0.6 is 11.6 Å². The van der Waals surface area contributed by atoms with E-state index in [0.29, 0.717) is 34.4 Å². The maximum Gasteiger partial charge on any atom is 0.255 e. The van der Waals surface area contributed by atoms with Crippen molar-refractivity contribution in [1.29, 1.82) is 0 Å². The van der Waals surface area contributed by atoms with Crippen LogP contribution in [0.2, 0.25) is 5.02 Å². The smallest absolute Gasteiger partial charge is 0.255 e. The molecule has 0 aromatic heterocycles. The Labute approximate surface area is 159 Å². The molecule has 2 aromatic carbocycles. The molecule has 6 heteroatoms. The highest BCUT2D eigenvalue weighted by atomic mass is 35.5. The van der Waals surface area contributed by atoms with E-state index in [1.54, 1.807) is 12.1 Å². The Morgan fingerprint density at radius 2 is 1.58 bits per heavy atom. The van der Waals surface area contributed by atoms with Crippen molar-refractivity contribution in [2.75, 3.05) is 27.9 Å². The third-order valence-corrected chi connectivity index (χ3v) is 4.52. The minimum absolute atomic E-state index is 0.246. The highest BCUT2D eigenvalue weighted by Crippen LogP contribution is 2.39. The van der Waals surface area contributed by atoms with Crippen molar-refractivity contribution >= 4 is 17.5 Å². The van der Waals surface area contributed by atoms with Gasteiger partial charge in [0.2, 0.25) is 5.75 Å². The van der Waals surface area contributed by atoms with Crippen LogP contribution in [-0.2, 0) is 5.41 Å². The summed E-state index contributed by atoms with van der Waals surface area (Å²) in [6.45, 7) is 4.57. The van der Waals surface area contributed by atoms with E-state index in [1.807, 2.05) is 24.3 Å². The number of nitrogens with one attached hydrogen (secondary N) is 1. The first-order valence-electron chi connectivity index (χ1n) is 8.17. The van der Waals surface area contributed by atoms with Crippen molar-refractivity contribution in [3.05, 3.63) is 52.5 Å². The highest BCUT2D eigenvalue weighted by Gasteiger charge is 2.24. The predicted molar refractivity (Wildman–Crippen MR) is 103 cm³/mol. The van der Waals surface area contributed by atoms with Gasteiger partial charge in [-0.2, -0.15) is 0 Å². The lowest BCUT2D eigenvalue weighted by Crippen LogP contribution is -2.36. The van der Waals surface area contributed by atoms with Gasteiger partial charge in [-0.25, -0.2) is 0 Å². The van der Waals surface area contributed by atoms with Crippen LogP contribution in [0.25, 0.3) is 0 Å². The minimum Gasteiger partial charge on any atom is -0.493 e. The largest absolute Gasteiger partial charge is 0.493 e. The molecule has 0 saturated heterocycles. The molecule has 1 N–H and O–H groups in total. The number of rotatable bonds is 7. The summed E-state index contributed by atoms with van der Waals surface area (Å²) in [5.41, 5.74) is 1.21. The zero-order valence-electron chi connectivity index (χ0n) is 15.7. The van der Waals surface area contributed by atoms with Crippen LogP contribution in [0, 0.1) is 0 Å². The number of benzene rings is 2. The molecule has 0 fully saturated rings. The molecule has 0 heterocycles. The average Bonchev–Trinajstić information content (AvgIpc) is 2.65. The van der Waals surface area contributed by atoms with Gasteiger partial charge in [0.1, 0.15) is 0 Å². The Morgan fingerprint density at radius 1 is 0.962 bits per heavy atom. The quantitative estimate of drug-likeness (QED) is 0.790. The molecule has 2 rings (SSSR count). The third kappa shape index (κ3) is 4.22. The summed E-state index contributed by atoms with van der Waals surface area (Å²) >= 11 is 5.95. The van der Waals surface area contributed by atoms with Gasteiger partial charge in [-0.05, 0) is 29.8 Å². The van der Waals surface area contributed by atoms with Gasteiger partial charge in [-0.1, -0.05) is 37.6 Å². The lowest BCUT2D eigenvalue weighted by Gasteiger charge is -2.26. The molecule has 0 atom stereocenters. The van der Waals surface area contributed by atoms with Gasteiger partial charge in [0.15, 0.2) is 11.5 Å². The molecule has 0 aliphatic rings. The summed E-state index contributed by atoms with van der Waals surface area (Å²) in [5.74, 6) is 0.987. The number of methoxy groups -OCH3 is 3. The standard InChI is InChI=1S/C20H24ClNO4/c1-20(2,13-6-8-14(21)9-7-13)12-22-19(23)15-10-11-16(24-3)18(26-5)17(15)25-4/h6-11H,12H2,1-5H3,(H,22,23). The van der Waals surface area contributed by atoms with Gasteiger partial charge in [-0.15, -0.1) is 0 Å². The lowest BCUT2D eigenvalue weighted by atomic mass is 9.84. The zero-order chi connectivity index (χ0) is 19.3. The Morgan fingerprint density at radius 3 is 2.12 bits per heavy atom. The van der Waals surface area contributed by atoms with Crippen LogP contribution in [0.3, 0.4) is 0 Å². The molecule has 0 saturated carbocycles. The van der Waals surface area contributed by atoms with Gasteiger partial charge in [-0.3, -0.25) is 4.79 Å². The molecular weight excluding hydrogens is 354 g/mol. The van der Waals surface area contributed by atoms with Gasteiger partial charge in [0.25, 0.3) is 5.91 Å². The maximum atomic E-state index is 12.7. The summed E-state index contributed by atoms with van der Waals surface area (Å²) in [4.78, 5) is 12.7. The van der Waals surface area contributed by atoms with Crippen molar-refractivity contribution in [2.45, 2.75) is 19.3 Å². The number of hydrogen-bond donors (Lipinski definition) is 1. The summed E-state index contributed by atoms with van der Waals surface area (Å²) in [6, 6.07) is 11.0. The molecule has 1 amide bonds. The Hall–Kier alpha value is -2.40. The Balaban J connectivity index is 2.21. The molecule has 5 nitrogen and oxygen atoms in total. The van der Waals surface area contributed by atoms with E-state index in [2.05, 4.69) is 19.2 Å². The van der Waals surface area contributed by atoms with Gasteiger partial charge in [0, 0.05) is 17.0 Å². The molecule has 2 aromatic rings. The third-order valence-electron chi connectivity index (χ3n) is 4.27. The summed E-state index contributed by atoms with van der Waals surface area (Å²) in [6.07, 6.45) is 0. The fourth-order valence-corrected chi connectivity index (χ4v) is 2.81. The first kappa shape index (κ1) is 19.9. The van der Waals surface area contributed by atoms with Gasteiger partial charge >= 0.3 is 0 Å². The molecule has 0 bridgehead atoms. The number of halogens is 1. The van der Waals surface area contributed by atoms with E-state index < -0.39 is 0 Å². The van der Waals surface area contributed by atoms with Crippen LogP contribution in [-0.4, -0.2) is 33.8 Å². The normalized spacial score (nSPS) is 11.0. The predicted octanol–water partition coefficient (Wildman–Crippen LogP) is 4.07. The number of amides is 1. The highest BCUT2D eigenvalue weighted by molar-refractivity contribution is 6.30. The first-order chi connectivity index (χ1) is 12.3. The fraction of sp³-hybridized carbons (Fsp3) is 0.350. The van der Waals surface area contributed by atoms with Gasteiger partial charge < -0.3 is 19.5 Å². The van der Waals surface area contributed by atoms with E-state index in [1.165, 1.54) is 21.3 Å². The van der Waals surface area contributed by atoms with Crippen LogP contribution in [0.1, 0.15) is 29.8 Å². The average molecular weight is 378 g/mol. The van der Waals surface area contributed by atoms with Crippen molar-refractivity contribution < 1.29 is 19.0 Å². The number of hydrogen-bond acceptors (Lipinski definition) is 4. The van der Waals surface area contributed by atoms with E-state index in [9.17, 15) is 4.79 Å². The van der Waals surface area contributed by atoms with E-state index >= 15 is 0 Å². The summed E-state index contributed by atoms with van der Waals surface area (Å²) in [5, 5.41) is 3.65. The molecule has 0 unspecified atom stereocenters. The second kappa shape index (κ2) is 8.32. The van der Waals surface area contributed by atoms with Crippen LogP contribution in [0.15, 0.2) is 36.4 Å². The molecule has 0 aliphatic heterocycles. The SMILES string of the molecule is COc1ccc(C(=O)NCC(C)(C)c2ccc(Cl)cc2)c(OC)c1OC. The topological polar surface area (TPSA) is 56.8 Å². The van der Waals surface area contributed by atoms with Crippen LogP contribution < -0.4 is 19.5 Å². The van der Waals surface area contributed by atoms with Crippen molar-refractivity contribution in [3.8, 4) is 17.2 Å². The van der Waals surface area contributed by atoms with Crippen LogP contribution in [0.5, 0.6) is 17.2 Å². The molecule has 140 valence electrons. The fourth-order valence-electron chi connectivity index (χ4n) is 2.68. The molecule has 0 aliphatic carbocycles. The molecule has 26 heavy (non-hydrogen) atoms. The summed E-state index contributed by atoms with van der Waals surface area (Å²) in [7, 11) is 4.53. The van der Waals surface area contributed by atoms with E-state index in [0.717, 1.165) is 5.56 Å².